The van der Waals surface area contributed by atoms with Gasteiger partial charge in [-0.25, -0.2) is 4.79 Å². The van der Waals surface area contributed by atoms with Crippen molar-refractivity contribution in [3.8, 4) is 11.5 Å². The third-order valence-electron chi connectivity index (χ3n) is 5.70. The van der Waals surface area contributed by atoms with Gasteiger partial charge in [0, 0.05) is 6.07 Å². The van der Waals surface area contributed by atoms with E-state index in [2.05, 4.69) is 6.92 Å². The highest BCUT2D eigenvalue weighted by atomic mass is 16.6. The molecule has 1 N–H and O–H groups in total. The first-order chi connectivity index (χ1) is 15.1. The maximum absolute atomic E-state index is 12.0. The average molecular weight is 435 g/mol. The normalized spacial score (nSPS) is 11.9. The van der Waals surface area contributed by atoms with Crippen molar-refractivity contribution in [2.24, 2.45) is 0 Å². The Morgan fingerprint density at radius 2 is 1.29 bits per heavy atom. The lowest BCUT2D eigenvalue weighted by atomic mass is 10.0. The van der Waals surface area contributed by atoms with Gasteiger partial charge in [-0.2, -0.15) is 0 Å². The van der Waals surface area contributed by atoms with E-state index in [4.69, 9.17) is 9.47 Å². The molecule has 0 aliphatic heterocycles. The first-order valence-electron chi connectivity index (χ1n) is 12.8. The van der Waals surface area contributed by atoms with E-state index in [1.54, 1.807) is 25.1 Å². The van der Waals surface area contributed by atoms with Gasteiger partial charge in [-0.3, -0.25) is 0 Å². The van der Waals surface area contributed by atoms with E-state index in [0.29, 0.717) is 12.4 Å². The number of hydrogen-bond acceptors (Lipinski definition) is 4. The number of esters is 1. The third kappa shape index (κ3) is 15.7. The summed E-state index contributed by atoms with van der Waals surface area (Å²) in [6.45, 7) is 4.39. The van der Waals surface area contributed by atoms with E-state index in [9.17, 15) is 9.90 Å². The number of carbonyl (C=O) groups is 1. The molecule has 4 nitrogen and oxygen atoms in total. The fourth-order valence-corrected chi connectivity index (χ4v) is 3.75. The lowest BCUT2D eigenvalue weighted by Gasteiger charge is -2.14. The van der Waals surface area contributed by atoms with Gasteiger partial charge in [-0.05, 0) is 25.5 Å². The lowest BCUT2D eigenvalue weighted by molar-refractivity contribution is -0.151. The minimum absolute atomic E-state index is 0.117. The summed E-state index contributed by atoms with van der Waals surface area (Å²) in [5.74, 6) is 0.224. The zero-order chi connectivity index (χ0) is 22.6. The Morgan fingerprint density at radius 3 is 1.77 bits per heavy atom. The third-order valence-corrected chi connectivity index (χ3v) is 5.70. The molecule has 0 radical (unpaired) electrons. The van der Waals surface area contributed by atoms with Crippen LogP contribution in [-0.4, -0.2) is 23.8 Å². The van der Waals surface area contributed by atoms with Gasteiger partial charge in [0.05, 0.1) is 6.61 Å². The van der Waals surface area contributed by atoms with E-state index in [1.165, 1.54) is 96.0 Å². The standard InChI is InChI=1S/C27H46O4/c1-3-4-5-6-7-8-9-10-11-12-13-14-15-16-17-18-22-30-27(29)24(2)31-26-21-19-20-25(28)23-26/h19-21,23-24,28H,3-18,22H2,1-2H3. The monoisotopic (exact) mass is 434 g/mol. The molecule has 0 saturated heterocycles. The van der Waals surface area contributed by atoms with E-state index >= 15 is 0 Å². The van der Waals surface area contributed by atoms with Crippen LogP contribution in [0.15, 0.2) is 24.3 Å². The quantitative estimate of drug-likeness (QED) is 0.167. The van der Waals surface area contributed by atoms with Gasteiger partial charge in [-0.1, -0.05) is 109 Å². The molecular weight excluding hydrogens is 388 g/mol. The van der Waals surface area contributed by atoms with Gasteiger partial charge in [0.1, 0.15) is 11.5 Å². The number of aromatic hydroxyl groups is 1. The summed E-state index contributed by atoms with van der Waals surface area (Å²) < 4.78 is 10.8. The average Bonchev–Trinajstić information content (AvgIpc) is 2.75. The number of ether oxygens (including phenoxy) is 2. The Labute approximate surface area is 190 Å². The molecular formula is C27H46O4. The SMILES string of the molecule is CCCCCCCCCCCCCCCCCCOC(=O)C(C)Oc1cccc(O)c1. The second kappa shape index (κ2) is 19.0. The topological polar surface area (TPSA) is 55.8 Å². The van der Waals surface area contributed by atoms with Crippen molar-refractivity contribution in [3.05, 3.63) is 24.3 Å². The Morgan fingerprint density at radius 1 is 0.806 bits per heavy atom. The van der Waals surface area contributed by atoms with Crippen LogP contribution in [0.5, 0.6) is 11.5 Å². The molecule has 1 aromatic rings. The number of carbonyl (C=O) groups excluding carboxylic acids is 1. The molecule has 0 aliphatic rings. The zero-order valence-electron chi connectivity index (χ0n) is 20.1. The van der Waals surface area contributed by atoms with Crippen LogP contribution in [0.2, 0.25) is 0 Å². The smallest absolute Gasteiger partial charge is 0.347 e. The van der Waals surface area contributed by atoms with Crippen molar-refractivity contribution in [1.82, 2.24) is 0 Å². The Kier molecular flexibility index (Phi) is 16.8. The highest BCUT2D eigenvalue weighted by Gasteiger charge is 2.16. The van der Waals surface area contributed by atoms with Crippen LogP contribution in [0.4, 0.5) is 0 Å². The van der Waals surface area contributed by atoms with Crippen molar-refractivity contribution in [1.29, 1.82) is 0 Å². The van der Waals surface area contributed by atoms with E-state index < -0.39 is 6.10 Å². The van der Waals surface area contributed by atoms with Crippen LogP contribution >= 0.6 is 0 Å². The van der Waals surface area contributed by atoms with Gasteiger partial charge < -0.3 is 14.6 Å². The van der Waals surface area contributed by atoms with Crippen molar-refractivity contribution >= 4 is 5.97 Å². The lowest BCUT2D eigenvalue weighted by Crippen LogP contribution is -2.26. The molecule has 0 heterocycles. The number of phenolic OH excluding ortho intramolecular Hbond substituents is 1. The molecule has 0 aliphatic carbocycles. The van der Waals surface area contributed by atoms with Gasteiger partial charge >= 0.3 is 5.97 Å². The Hall–Kier alpha value is -1.71. The molecule has 31 heavy (non-hydrogen) atoms. The zero-order valence-corrected chi connectivity index (χ0v) is 20.1. The predicted octanol–water partition coefficient (Wildman–Crippen LogP) is 7.96. The van der Waals surface area contributed by atoms with E-state index in [1.807, 2.05) is 0 Å². The Balaban J connectivity index is 1.84. The molecule has 1 aromatic carbocycles. The molecule has 178 valence electrons. The molecule has 4 heteroatoms. The van der Waals surface area contributed by atoms with Gasteiger partial charge in [0.15, 0.2) is 6.10 Å². The van der Waals surface area contributed by atoms with Gasteiger partial charge in [0.2, 0.25) is 0 Å². The molecule has 0 bridgehead atoms. The summed E-state index contributed by atoms with van der Waals surface area (Å²) in [4.78, 5) is 12.0. The van der Waals surface area contributed by atoms with Crippen LogP contribution in [0.1, 0.15) is 117 Å². The van der Waals surface area contributed by atoms with Gasteiger partial charge in [-0.15, -0.1) is 0 Å². The van der Waals surface area contributed by atoms with Crippen molar-refractivity contribution in [2.75, 3.05) is 6.61 Å². The van der Waals surface area contributed by atoms with Crippen LogP contribution in [0.25, 0.3) is 0 Å². The minimum Gasteiger partial charge on any atom is -0.508 e. The van der Waals surface area contributed by atoms with Gasteiger partial charge in [0.25, 0.3) is 0 Å². The summed E-state index contributed by atoms with van der Waals surface area (Å²) >= 11 is 0. The summed E-state index contributed by atoms with van der Waals surface area (Å²) in [7, 11) is 0. The van der Waals surface area contributed by atoms with Crippen LogP contribution in [-0.2, 0) is 9.53 Å². The maximum Gasteiger partial charge on any atom is 0.347 e. The highest BCUT2D eigenvalue weighted by Crippen LogP contribution is 2.19. The highest BCUT2D eigenvalue weighted by molar-refractivity contribution is 5.74. The molecule has 1 unspecified atom stereocenters. The number of hydrogen-bond donors (Lipinski definition) is 1. The molecule has 1 rings (SSSR count). The fourth-order valence-electron chi connectivity index (χ4n) is 3.75. The van der Waals surface area contributed by atoms with Crippen LogP contribution in [0, 0.1) is 0 Å². The van der Waals surface area contributed by atoms with Crippen molar-refractivity contribution < 1.29 is 19.4 Å². The number of benzene rings is 1. The first kappa shape index (κ1) is 27.3. The molecule has 0 aromatic heterocycles. The Bertz CT molecular complexity index is 558. The van der Waals surface area contributed by atoms with Crippen LogP contribution < -0.4 is 4.74 Å². The summed E-state index contributed by atoms with van der Waals surface area (Å²) in [6.07, 6.45) is 20.6. The number of phenols is 1. The van der Waals surface area contributed by atoms with Crippen LogP contribution in [0.3, 0.4) is 0 Å². The molecule has 0 fully saturated rings. The maximum atomic E-state index is 12.0. The fraction of sp³-hybridized carbons (Fsp3) is 0.741. The largest absolute Gasteiger partial charge is 0.508 e. The molecule has 0 spiro atoms. The second-order valence-electron chi connectivity index (χ2n) is 8.73. The summed E-state index contributed by atoms with van der Waals surface area (Å²) in [5.41, 5.74) is 0. The van der Waals surface area contributed by atoms with E-state index in [0.717, 1.165) is 12.8 Å². The first-order valence-corrected chi connectivity index (χ1v) is 12.8. The minimum atomic E-state index is -0.678. The van der Waals surface area contributed by atoms with Crippen molar-refractivity contribution in [2.45, 2.75) is 123 Å². The number of rotatable bonds is 20. The molecule has 0 amide bonds. The predicted molar refractivity (Wildman–Crippen MR) is 129 cm³/mol. The summed E-state index contributed by atoms with van der Waals surface area (Å²) in [6, 6.07) is 6.44. The molecule has 0 saturated carbocycles. The summed E-state index contributed by atoms with van der Waals surface area (Å²) in [5, 5.41) is 9.43. The van der Waals surface area contributed by atoms with Crippen molar-refractivity contribution in [3.63, 3.8) is 0 Å². The molecule has 1 atom stereocenters. The van der Waals surface area contributed by atoms with E-state index in [-0.39, 0.29) is 11.7 Å². The second-order valence-corrected chi connectivity index (χ2v) is 8.73. The number of unbranched alkanes of at least 4 members (excludes halogenated alkanes) is 15.